The molecule has 6 heteroatoms. The molecule has 2 rings (SSSR count). The van der Waals surface area contributed by atoms with E-state index in [1.54, 1.807) is 31.3 Å². The summed E-state index contributed by atoms with van der Waals surface area (Å²) in [6.45, 7) is 0. The Labute approximate surface area is 141 Å². The molecule has 21 heavy (non-hydrogen) atoms. The van der Waals surface area contributed by atoms with Crippen LogP contribution in [0.2, 0.25) is 10.0 Å². The van der Waals surface area contributed by atoms with Crippen molar-refractivity contribution in [1.82, 2.24) is 5.32 Å². The predicted molar refractivity (Wildman–Crippen MR) is 88.0 cm³/mol. The molecule has 2 aromatic rings. The van der Waals surface area contributed by atoms with Crippen molar-refractivity contribution in [2.75, 3.05) is 14.2 Å². The number of hydrogen-bond donors (Lipinski definition) is 1. The van der Waals surface area contributed by atoms with Gasteiger partial charge >= 0.3 is 0 Å². The van der Waals surface area contributed by atoms with Crippen molar-refractivity contribution in [2.45, 2.75) is 6.04 Å². The molecule has 0 saturated heterocycles. The highest BCUT2D eigenvalue weighted by Crippen LogP contribution is 2.37. The summed E-state index contributed by atoms with van der Waals surface area (Å²) >= 11 is 15.7. The van der Waals surface area contributed by atoms with E-state index in [1.165, 1.54) is 13.2 Å². The van der Waals surface area contributed by atoms with Crippen LogP contribution in [0.3, 0.4) is 0 Å². The Morgan fingerprint density at radius 3 is 2.43 bits per heavy atom. The monoisotopic (exact) mass is 391 g/mol. The molecule has 1 unspecified atom stereocenters. The standard InChI is InChI=1S/C15H13BrCl2FNO/c1-20-15(9-4-3-8(16)5-13(9)19)10-6-12(18)14(21-2)7-11(10)17/h3-7,15,20H,1-2H3. The fourth-order valence-electron chi connectivity index (χ4n) is 2.14. The molecule has 0 aliphatic rings. The van der Waals surface area contributed by atoms with E-state index in [4.69, 9.17) is 27.9 Å². The summed E-state index contributed by atoms with van der Waals surface area (Å²) in [6, 6.07) is 7.80. The number of ether oxygens (including phenoxy) is 1. The van der Waals surface area contributed by atoms with Crippen LogP contribution in [0.1, 0.15) is 17.2 Å². The summed E-state index contributed by atoms with van der Waals surface area (Å²) < 4.78 is 20.0. The van der Waals surface area contributed by atoms with Crippen molar-refractivity contribution in [3.8, 4) is 5.75 Å². The second kappa shape index (κ2) is 6.97. The molecular weight excluding hydrogens is 380 g/mol. The van der Waals surface area contributed by atoms with E-state index < -0.39 is 6.04 Å². The zero-order valence-corrected chi connectivity index (χ0v) is 14.5. The molecule has 0 aromatic heterocycles. The number of hydrogen-bond acceptors (Lipinski definition) is 2. The first-order valence-corrected chi connectivity index (χ1v) is 7.68. The number of rotatable bonds is 4. The van der Waals surface area contributed by atoms with Crippen LogP contribution in [0, 0.1) is 5.82 Å². The Morgan fingerprint density at radius 2 is 1.86 bits per heavy atom. The molecule has 112 valence electrons. The minimum atomic E-state index is -0.408. The van der Waals surface area contributed by atoms with Gasteiger partial charge in [0.05, 0.1) is 18.2 Å². The maximum absolute atomic E-state index is 14.2. The second-order valence-corrected chi connectivity index (χ2v) is 6.13. The molecule has 2 nitrogen and oxygen atoms in total. The lowest BCUT2D eigenvalue weighted by Gasteiger charge is -2.20. The third-order valence-corrected chi connectivity index (χ3v) is 4.26. The molecule has 0 radical (unpaired) electrons. The van der Waals surface area contributed by atoms with Crippen LogP contribution < -0.4 is 10.1 Å². The Balaban J connectivity index is 2.53. The third-order valence-electron chi connectivity index (χ3n) is 3.14. The average molecular weight is 393 g/mol. The van der Waals surface area contributed by atoms with E-state index in [0.717, 1.165) is 0 Å². The van der Waals surface area contributed by atoms with Crippen molar-refractivity contribution >= 4 is 39.1 Å². The molecule has 0 saturated carbocycles. The van der Waals surface area contributed by atoms with Crippen molar-refractivity contribution in [3.63, 3.8) is 0 Å². The molecule has 0 aliphatic heterocycles. The van der Waals surface area contributed by atoms with Crippen LogP contribution in [-0.2, 0) is 0 Å². The van der Waals surface area contributed by atoms with Gasteiger partial charge in [0.2, 0.25) is 0 Å². The summed E-state index contributed by atoms with van der Waals surface area (Å²) in [5.41, 5.74) is 1.18. The second-order valence-electron chi connectivity index (χ2n) is 4.40. The van der Waals surface area contributed by atoms with Gasteiger partial charge in [-0.05, 0) is 30.8 Å². The summed E-state index contributed by atoms with van der Waals surface area (Å²) in [7, 11) is 3.25. The lowest BCUT2D eigenvalue weighted by Crippen LogP contribution is -2.19. The van der Waals surface area contributed by atoms with E-state index in [9.17, 15) is 4.39 Å². The molecule has 0 fully saturated rings. The van der Waals surface area contributed by atoms with Gasteiger partial charge in [0.15, 0.2) is 0 Å². The first kappa shape index (κ1) is 16.6. The van der Waals surface area contributed by atoms with E-state index in [0.29, 0.717) is 31.4 Å². The van der Waals surface area contributed by atoms with Gasteiger partial charge in [-0.15, -0.1) is 0 Å². The van der Waals surface area contributed by atoms with Gasteiger partial charge in [-0.1, -0.05) is 45.2 Å². The molecule has 0 aliphatic carbocycles. The largest absolute Gasteiger partial charge is 0.495 e. The average Bonchev–Trinajstić information content (AvgIpc) is 2.45. The molecule has 2 aromatic carbocycles. The normalized spacial score (nSPS) is 12.3. The maximum Gasteiger partial charge on any atom is 0.138 e. The lowest BCUT2D eigenvalue weighted by atomic mass is 9.98. The third kappa shape index (κ3) is 3.51. The number of nitrogens with one attached hydrogen (secondary N) is 1. The van der Waals surface area contributed by atoms with Crippen LogP contribution >= 0.6 is 39.1 Å². The molecule has 0 bridgehead atoms. The fraction of sp³-hybridized carbons (Fsp3) is 0.200. The van der Waals surface area contributed by atoms with Gasteiger partial charge in [0.1, 0.15) is 11.6 Å². The minimum Gasteiger partial charge on any atom is -0.495 e. The number of benzene rings is 2. The quantitative estimate of drug-likeness (QED) is 0.770. The molecule has 1 N–H and O–H groups in total. The van der Waals surface area contributed by atoms with Crippen LogP contribution in [0.4, 0.5) is 4.39 Å². The van der Waals surface area contributed by atoms with E-state index >= 15 is 0 Å². The van der Waals surface area contributed by atoms with Gasteiger partial charge in [0, 0.05) is 21.1 Å². The molecule has 1 atom stereocenters. The Morgan fingerprint density at radius 1 is 1.14 bits per heavy atom. The van der Waals surface area contributed by atoms with E-state index in [1.807, 2.05) is 0 Å². The van der Waals surface area contributed by atoms with Crippen molar-refractivity contribution in [2.24, 2.45) is 0 Å². The Bertz CT molecular complexity index is 666. The lowest BCUT2D eigenvalue weighted by molar-refractivity contribution is 0.414. The predicted octanol–water partition coefficient (Wildman–Crippen LogP) is 5.21. The summed E-state index contributed by atoms with van der Waals surface area (Å²) in [5, 5.41) is 3.94. The fourth-order valence-corrected chi connectivity index (χ4v) is 2.98. The molecule has 0 heterocycles. The van der Waals surface area contributed by atoms with Crippen LogP contribution in [-0.4, -0.2) is 14.2 Å². The number of halogens is 4. The first-order chi connectivity index (χ1) is 9.97. The zero-order valence-electron chi connectivity index (χ0n) is 11.4. The zero-order chi connectivity index (χ0) is 15.6. The van der Waals surface area contributed by atoms with Crippen LogP contribution in [0.5, 0.6) is 5.75 Å². The first-order valence-electron chi connectivity index (χ1n) is 6.13. The molecular formula is C15H13BrCl2FNO. The van der Waals surface area contributed by atoms with Gasteiger partial charge in [0.25, 0.3) is 0 Å². The smallest absolute Gasteiger partial charge is 0.138 e. The van der Waals surface area contributed by atoms with Gasteiger partial charge in [-0.25, -0.2) is 4.39 Å². The van der Waals surface area contributed by atoms with E-state index in [2.05, 4.69) is 21.2 Å². The number of methoxy groups -OCH3 is 1. The van der Waals surface area contributed by atoms with Gasteiger partial charge in [-0.3, -0.25) is 0 Å². The molecule has 0 amide bonds. The highest BCUT2D eigenvalue weighted by atomic mass is 79.9. The van der Waals surface area contributed by atoms with Crippen molar-refractivity contribution in [3.05, 3.63) is 61.8 Å². The van der Waals surface area contributed by atoms with E-state index in [-0.39, 0.29) is 5.82 Å². The van der Waals surface area contributed by atoms with Gasteiger partial charge in [-0.2, -0.15) is 0 Å². The highest BCUT2D eigenvalue weighted by molar-refractivity contribution is 9.10. The summed E-state index contributed by atoms with van der Waals surface area (Å²) in [5.74, 6) is 0.156. The van der Waals surface area contributed by atoms with Crippen molar-refractivity contribution < 1.29 is 9.13 Å². The SMILES string of the molecule is CNC(c1ccc(Br)cc1F)c1cc(Cl)c(OC)cc1Cl. The highest BCUT2D eigenvalue weighted by Gasteiger charge is 2.20. The minimum absolute atomic E-state index is 0.327. The summed E-state index contributed by atoms with van der Waals surface area (Å²) in [4.78, 5) is 0. The van der Waals surface area contributed by atoms with Gasteiger partial charge < -0.3 is 10.1 Å². The Kier molecular flexibility index (Phi) is 5.49. The van der Waals surface area contributed by atoms with Crippen LogP contribution in [0.15, 0.2) is 34.8 Å². The topological polar surface area (TPSA) is 21.3 Å². The van der Waals surface area contributed by atoms with Crippen molar-refractivity contribution in [1.29, 1.82) is 0 Å². The maximum atomic E-state index is 14.2. The molecule has 0 spiro atoms. The van der Waals surface area contributed by atoms with Crippen LogP contribution in [0.25, 0.3) is 0 Å². The Hall–Kier alpha value is -0.810. The summed E-state index contributed by atoms with van der Waals surface area (Å²) in [6.07, 6.45) is 0.